The SMILES string of the molecule is COC(COP(N[C@@H](C)C(=O)OC(C)C)Oc1ccccc1)[C@H](O)C(C)(O)N(C)/C=C\C(=O)NC=S. The van der Waals surface area contributed by atoms with Crippen LogP contribution in [0.4, 0.5) is 0 Å². The number of esters is 1. The Morgan fingerprint density at radius 3 is 2.44 bits per heavy atom. The maximum Gasteiger partial charge on any atom is 0.323 e. The molecular formula is C23H36N3O8PS. The highest BCUT2D eigenvalue weighted by atomic mass is 32.1. The zero-order valence-corrected chi connectivity index (χ0v) is 23.0. The fraction of sp³-hybridized carbons (Fsp3) is 0.522. The normalized spacial score (nSPS) is 16.5. The Bertz CT molecular complexity index is 859. The summed E-state index contributed by atoms with van der Waals surface area (Å²) in [5, 5.41) is 27.1. The van der Waals surface area contributed by atoms with Crippen molar-refractivity contribution in [2.24, 2.45) is 0 Å². The predicted octanol–water partition coefficient (Wildman–Crippen LogP) is 1.84. The lowest BCUT2D eigenvalue weighted by Gasteiger charge is -2.40. The molecule has 36 heavy (non-hydrogen) atoms. The molecule has 0 aliphatic carbocycles. The minimum atomic E-state index is -1.89. The van der Waals surface area contributed by atoms with Crippen molar-refractivity contribution in [3.63, 3.8) is 0 Å². The molecular weight excluding hydrogens is 509 g/mol. The first kappa shape index (κ1) is 31.8. The van der Waals surface area contributed by atoms with Crippen molar-refractivity contribution >= 4 is 38.1 Å². The molecule has 0 radical (unpaired) electrons. The van der Waals surface area contributed by atoms with Gasteiger partial charge in [0.2, 0.25) is 5.91 Å². The van der Waals surface area contributed by atoms with Crippen LogP contribution >= 0.6 is 20.7 Å². The third-order valence-electron chi connectivity index (χ3n) is 4.87. The van der Waals surface area contributed by atoms with E-state index in [1.807, 2.05) is 6.07 Å². The molecule has 0 aromatic heterocycles. The molecule has 4 N–H and O–H groups in total. The maximum absolute atomic E-state index is 12.3. The first-order chi connectivity index (χ1) is 16.9. The number of hydrogen-bond acceptors (Lipinski definition) is 11. The predicted molar refractivity (Wildman–Crippen MR) is 140 cm³/mol. The standard InChI is InChI=1S/C23H36N3O8PS/c1-16(2)33-22(29)17(3)25-35(34-18-10-8-7-9-11-18)32-14-19(31-6)21(28)23(4,30)26(5)13-12-20(27)24-15-36/h7-13,15-17,19,21,25,28,30H,14H2,1-6H3,(H,24,27,36)/b13-12-/t17-,19?,21-,23?,35?/m0/s1. The summed E-state index contributed by atoms with van der Waals surface area (Å²) in [7, 11) is 0.948. The van der Waals surface area contributed by atoms with Crippen molar-refractivity contribution in [3.05, 3.63) is 42.6 Å². The molecule has 11 nitrogen and oxygen atoms in total. The number of amides is 1. The number of carbonyl (C=O) groups is 2. The maximum atomic E-state index is 12.3. The number of ether oxygens (including phenoxy) is 2. The minimum absolute atomic E-state index is 0.200. The summed E-state index contributed by atoms with van der Waals surface area (Å²) in [6.45, 7) is 6.27. The molecule has 1 rings (SSSR count). The Morgan fingerprint density at radius 2 is 1.89 bits per heavy atom. The van der Waals surface area contributed by atoms with E-state index in [4.69, 9.17) is 18.5 Å². The zero-order chi connectivity index (χ0) is 27.3. The molecule has 1 amide bonds. The van der Waals surface area contributed by atoms with E-state index in [-0.39, 0.29) is 12.7 Å². The fourth-order valence-corrected chi connectivity index (χ4v) is 3.95. The molecule has 0 fully saturated rings. The Labute approximate surface area is 218 Å². The highest BCUT2D eigenvalue weighted by Gasteiger charge is 2.40. The number of benzene rings is 1. The summed E-state index contributed by atoms with van der Waals surface area (Å²) in [4.78, 5) is 25.1. The van der Waals surface area contributed by atoms with Gasteiger partial charge in [0.1, 0.15) is 24.0 Å². The molecule has 0 heterocycles. The van der Waals surface area contributed by atoms with Crippen LogP contribution in [0.15, 0.2) is 42.6 Å². The largest absolute Gasteiger partial charge is 0.462 e. The Balaban J connectivity index is 2.93. The van der Waals surface area contributed by atoms with Crippen LogP contribution in [-0.4, -0.2) is 83.3 Å². The summed E-state index contributed by atoms with van der Waals surface area (Å²) in [5.41, 5.74) is -0.783. The van der Waals surface area contributed by atoms with E-state index in [0.717, 1.165) is 11.6 Å². The molecule has 0 aliphatic heterocycles. The van der Waals surface area contributed by atoms with Gasteiger partial charge < -0.3 is 39.0 Å². The Hall–Kier alpha value is -2.18. The average Bonchev–Trinajstić information content (AvgIpc) is 2.82. The van der Waals surface area contributed by atoms with E-state index >= 15 is 0 Å². The number of nitrogens with zero attached hydrogens (tertiary/aromatic N) is 1. The second kappa shape index (κ2) is 15.8. The molecule has 0 saturated heterocycles. The number of thiocarbonyl (C=S) groups is 1. The van der Waals surface area contributed by atoms with Crippen LogP contribution in [-0.2, 0) is 23.6 Å². The smallest absolute Gasteiger partial charge is 0.323 e. The van der Waals surface area contributed by atoms with Crippen LogP contribution in [0.5, 0.6) is 5.75 Å². The quantitative estimate of drug-likeness (QED) is 0.0796. The second-order valence-corrected chi connectivity index (χ2v) is 9.61. The number of aliphatic hydroxyl groups is 2. The number of nitrogens with one attached hydrogen (secondary N) is 2. The van der Waals surface area contributed by atoms with Crippen molar-refractivity contribution in [2.75, 3.05) is 20.8 Å². The van der Waals surface area contributed by atoms with Gasteiger partial charge in [-0.25, -0.2) is 5.09 Å². The topological polar surface area (TPSA) is 139 Å². The van der Waals surface area contributed by atoms with Gasteiger partial charge in [-0.3, -0.25) is 9.59 Å². The van der Waals surface area contributed by atoms with Crippen molar-refractivity contribution in [2.45, 2.75) is 57.8 Å². The lowest BCUT2D eigenvalue weighted by molar-refractivity contribution is -0.185. The molecule has 0 aliphatic rings. The number of methoxy groups -OCH3 is 1. The van der Waals surface area contributed by atoms with Crippen molar-refractivity contribution in [1.29, 1.82) is 0 Å². The lowest BCUT2D eigenvalue weighted by Crippen LogP contribution is -2.57. The van der Waals surface area contributed by atoms with Gasteiger partial charge >= 0.3 is 14.5 Å². The van der Waals surface area contributed by atoms with E-state index in [9.17, 15) is 19.8 Å². The molecule has 0 spiro atoms. The van der Waals surface area contributed by atoms with Crippen LogP contribution in [0, 0.1) is 0 Å². The second-order valence-electron chi connectivity index (χ2n) is 8.16. The monoisotopic (exact) mass is 545 g/mol. The molecule has 5 atom stereocenters. The van der Waals surface area contributed by atoms with Crippen LogP contribution in [0.2, 0.25) is 0 Å². The van der Waals surface area contributed by atoms with Gasteiger partial charge in [0.05, 0.1) is 18.2 Å². The molecule has 0 saturated carbocycles. The number of para-hydroxylation sites is 1. The van der Waals surface area contributed by atoms with E-state index in [1.54, 1.807) is 45.0 Å². The average molecular weight is 546 g/mol. The number of rotatable bonds is 16. The fourth-order valence-electron chi connectivity index (χ4n) is 2.64. The van der Waals surface area contributed by atoms with Crippen molar-refractivity contribution < 1.29 is 38.3 Å². The summed E-state index contributed by atoms with van der Waals surface area (Å²) in [5.74, 6) is -0.467. The summed E-state index contributed by atoms with van der Waals surface area (Å²) in [6, 6.07) is 8.11. The molecule has 0 bridgehead atoms. The highest BCUT2D eigenvalue weighted by molar-refractivity contribution is 7.78. The van der Waals surface area contributed by atoms with Crippen LogP contribution in [0.3, 0.4) is 0 Å². The first-order valence-electron chi connectivity index (χ1n) is 11.1. The third kappa shape index (κ3) is 10.8. The molecule has 202 valence electrons. The van der Waals surface area contributed by atoms with E-state index < -0.39 is 44.4 Å². The van der Waals surface area contributed by atoms with Crippen molar-refractivity contribution in [1.82, 2.24) is 15.3 Å². The zero-order valence-electron chi connectivity index (χ0n) is 21.3. The number of likely N-dealkylation sites (N-methyl/N-ethyl adjacent to an activating group) is 1. The van der Waals surface area contributed by atoms with Gasteiger partial charge in [0.15, 0.2) is 5.72 Å². The first-order valence-corrected chi connectivity index (χ1v) is 12.8. The van der Waals surface area contributed by atoms with E-state index in [2.05, 4.69) is 22.6 Å². The molecule has 1 aromatic rings. The Kier molecular flexibility index (Phi) is 14.0. The number of carbonyl (C=O) groups excluding carboxylic acids is 2. The van der Waals surface area contributed by atoms with Gasteiger partial charge in [-0.1, -0.05) is 30.4 Å². The van der Waals surface area contributed by atoms with E-state index in [0.29, 0.717) is 5.75 Å². The number of hydrogen-bond donors (Lipinski definition) is 4. The highest BCUT2D eigenvalue weighted by Crippen LogP contribution is 2.37. The number of aliphatic hydroxyl groups excluding tert-OH is 1. The van der Waals surface area contributed by atoms with Crippen LogP contribution in [0.1, 0.15) is 27.7 Å². The van der Waals surface area contributed by atoms with Crippen LogP contribution < -0.4 is 14.9 Å². The molecule has 1 aromatic carbocycles. The lowest BCUT2D eigenvalue weighted by atomic mass is 10.0. The molecule has 3 unspecified atom stereocenters. The minimum Gasteiger partial charge on any atom is -0.462 e. The van der Waals surface area contributed by atoms with Gasteiger partial charge in [0.25, 0.3) is 0 Å². The summed E-state index contributed by atoms with van der Waals surface area (Å²) >= 11 is 4.56. The summed E-state index contributed by atoms with van der Waals surface area (Å²) < 4.78 is 22.3. The van der Waals surface area contributed by atoms with Crippen molar-refractivity contribution in [3.8, 4) is 5.75 Å². The molecule has 13 heteroatoms. The van der Waals surface area contributed by atoms with Gasteiger partial charge in [-0.15, -0.1) is 0 Å². The van der Waals surface area contributed by atoms with E-state index in [1.165, 1.54) is 32.2 Å². The summed E-state index contributed by atoms with van der Waals surface area (Å²) in [6.07, 6.45) is -0.320. The van der Waals surface area contributed by atoms with Gasteiger partial charge in [-0.05, 0) is 39.8 Å². The van der Waals surface area contributed by atoms with Crippen LogP contribution in [0.25, 0.3) is 0 Å². The van der Waals surface area contributed by atoms with Gasteiger partial charge in [0, 0.05) is 26.4 Å². The Morgan fingerprint density at radius 1 is 1.25 bits per heavy atom. The third-order valence-corrected chi connectivity index (χ3v) is 6.35. The van der Waals surface area contributed by atoms with Gasteiger partial charge in [-0.2, -0.15) is 0 Å².